The highest BCUT2D eigenvalue weighted by Crippen LogP contribution is 2.28. The van der Waals surface area contributed by atoms with Crippen LogP contribution in [0.3, 0.4) is 0 Å². The summed E-state index contributed by atoms with van der Waals surface area (Å²) in [5.74, 6) is 1.62. The first-order valence-corrected chi connectivity index (χ1v) is 9.71. The Kier molecular flexibility index (Phi) is 11.4. The summed E-state index contributed by atoms with van der Waals surface area (Å²) in [5.41, 5.74) is 0.981. The Morgan fingerprint density at radius 2 is 1.90 bits per heavy atom. The van der Waals surface area contributed by atoms with Crippen molar-refractivity contribution in [3.05, 3.63) is 29.8 Å². The van der Waals surface area contributed by atoms with Crippen molar-refractivity contribution in [3.8, 4) is 5.75 Å². The average molecular weight is 517 g/mol. The minimum atomic E-state index is -0.0872. The van der Waals surface area contributed by atoms with E-state index in [1.54, 1.807) is 14.1 Å². The van der Waals surface area contributed by atoms with E-state index >= 15 is 0 Å². The van der Waals surface area contributed by atoms with Crippen molar-refractivity contribution >= 4 is 41.8 Å². The predicted molar refractivity (Wildman–Crippen MR) is 125 cm³/mol. The fourth-order valence-electron chi connectivity index (χ4n) is 2.38. The van der Waals surface area contributed by atoms with Gasteiger partial charge in [-0.1, -0.05) is 12.1 Å². The number of benzene rings is 1. The molecule has 1 aliphatic carbocycles. The third-order valence-electron chi connectivity index (χ3n) is 4.19. The molecule has 1 saturated carbocycles. The van der Waals surface area contributed by atoms with Crippen LogP contribution in [-0.4, -0.2) is 63.0 Å². The van der Waals surface area contributed by atoms with Gasteiger partial charge in [-0.2, -0.15) is 0 Å². The van der Waals surface area contributed by atoms with E-state index < -0.39 is 0 Å². The molecule has 0 aliphatic heterocycles. The SMILES string of the molecule is CCNC(=NCc1cccc(OCC(=O)N(C)C)c1)NCCNC(=O)C1CC1.I. The minimum Gasteiger partial charge on any atom is -0.484 e. The largest absolute Gasteiger partial charge is 0.484 e. The number of nitrogens with one attached hydrogen (secondary N) is 3. The van der Waals surface area contributed by atoms with Crippen LogP contribution in [0.25, 0.3) is 0 Å². The molecule has 0 spiro atoms. The van der Waals surface area contributed by atoms with Crippen molar-refractivity contribution in [2.75, 3.05) is 40.3 Å². The van der Waals surface area contributed by atoms with Gasteiger partial charge < -0.3 is 25.6 Å². The van der Waals surface area contributed by atoms with Crippen LogP contribution in [0, 0.1) is 5.92 Å². The molecule has 9 heteroatoms. The Balaban J connectivity index is 0.00000420. The fourth-order valence-corrected chi connectivity index (χ4v) is 2.38. The van der Waals surface area contributed by atoms with E-state index in [1.807, 2.05) is 31.2 Å². The van der Waals surface area contributed by atoms with Crippen LogP contribution < -0.4 is 20.7 Å². The van der Waals surface area contributed by atoms with Crippen molar-refractivity contribution in [2.24, 2.45) is 10.9 Å². The average Bonchev–Trinajstić information content (AvgIpc) is 3.52. The molecule has 8 nitrogen and oxygen atoms in total. The molecule has 2 rings (SSSR count). The van der Waals surface area contributed by atoms with Crippen LogP contribution in [0.5, 0.6) is 5.75 Å². The van der Waals surface area contributed by atoms with Gasteiger partial charge in [0.25, 0.3) is 5.91 Å². The fraction of sp³-hybridized carbons (Fsp3) is 0.550. The molecule has 0 bridgehead atoms. The Labute approximate surface area is 189 Å². The summed E-state index contributed by atoms with van der Waals surface area (Å²) in [4.78, 5) is 29.3. The van der Waals surface area contributed by atoms with E-state index in [2.05, 4.69) is 20.9 Å². The number of carbonyl (C=O) groups excluding carboxylic acids is 2. The van der Waals surface area contributed by atoms with Crippen molar-refractivity contribution in [3.63, 3.8) is 0 Å². The van der Waals surface area contributed by atoms with E-state index in [9.17, 15) is 9.59 Å². The zero-order chi connectivity index (χ0) is 20.4. The lowest BCUT2D eigenvalue weighted by Crippen LogP contribution is -2.41. The highest BCUT2D eigenvalue weighted by atomic mass is 127. The topological polar surface area (TPSA) is 95.1 Å². The number of amides is 2. The molecule has 0 radical (unpaired) electrons. The summed E-state index contributed by atoms with van der Waals surface area (Å²) >= 11 is 0. The van der Waals surface area contributed by atoms with Gasteiger partial charge in [0.15, 0.2) is 12.6 Å². The third kappa shape index (κ3) is 9.82. The van der Waals surface area contributed by atoms with Gasteiger partial charge in [0.2, 0.25) is 5.91 Å². The van der Waals surface area contributed by atoms with Crippen LogP contribution in [-0.2, 0) is 16.1 Å². The zero-order valence-corrected chi connectivity index (χ0v) is 19.7. The second-order valence-electron chi connectivity index (χ2n) is 6.91. The monoisotopic (exact) mass is 517 g/mol. The van der Waals surface area contributed by atoms with E-state index in [1.165, 1.54) is 4.90 Å². The second-order valence-corrected chi connectivity index (χ2v) is 6.91. The quantitative estimate of drug-likeness (QED) is 0.189. The standard InChI is InChI=1S/C20H31N5O3.HI/c1-4-21-20(23-11-10-22-19(27)16-8-9-16)24-13-15-6-5-7-17(12-15)28-14-18(26)25(2)3;/h5-7,12,16H,4,8-11,13-14H2,1-3H3,(H,22,27)(H2,21,23,24);1H. The molecular weight excluding hydrogens is 485 g/mol. The summed E-state index contributed by atoms with van der Waals surface area (Å²) in [6, 6.07) is 7.55. The number of hydrogen-bond donors (Lipinski definition) is 3. The molecule has 0 saturated heterocycles. The van der Waals surface area contributed by atoms with Crippen LogP contribution in [0.2, 0.25) is 0 Å². The molecule has 0 unspecified atom stereocenters. The van der Waals surface area contributed by atoms with E-state index in [-0.39, 0.29) is 48.3 Å². The van der Waals surface area contributed by atoms with E-state index in [0.717, 1.165) is 24.9 Å². The van der Waals surface area contributed by atoms with Crippen LogP contribution >= 0.6 is 24.0 Å². The Morgan fingerprint density at radius 3 is 2.55 bits per heavy atom. The zero-order valence-electron chi connectivity index (χ0n) is 17.4. The van der Waals surface area contributed by atoms with Crippen molar-refractivity contribution in [1.82, 2.24) is 20.9 Å². The maximum absolute atomic E-state index is 11.6. The first-order valence-electron chi connectivity index (χ1n) is 9.71. The first-order chi connectivity index (χ1) is 13.5. The Morgan fingerprint density at radius 1 is 1.17 bits per heavy atom. The van der Waals surface area contributed by atoms with E-state index in [0.29, 0.717) is 31.3 Å². The van der Waals surface area contributed by atoms with Gasteiger partial charge in [-0.3, -0.25) is 9.59 Å². The molecule has 1 fully saturated rings. The van der Waals surface area contributed by atoms with Gasteiger partial charge in [0, 0.05) is 39.6 Å². The summed E-state index contributed by atoms with van der Waals surface area (Å²) in [6.07, 6.45) is 2.02. The summed E-state index contributed by atoms with van der Waals surface area (Å²) < 4.78 is 5.54. The number of ether oxygens (including phenoxy) is 1. The van der Waals surface area contributed by atoms with Crippen LogP contribution in [0.4, 0.5) is 0 Å². The van der Waals surface area contributed by atoms with Crippen molar-refractivity contribution in [1.29, 1.82) is 0 Å². The maximum Gasteiger partial charge on any atom is 0.259 e. The minimum absolute atomic E-state index is 0. The number of hydrogen-bond acceptors (Lipinski definition) is 4. The summed E-state index contributed by atoms with van der Waals surface area (Å²) in [6.45, 7) is 4.42. The van der Waals surface area contributed by atoms with Crippen LogP contribution in [0.1, 0.15) is 25.3 Å². The molecule has 2 amide bonds. The number of likely N-dealkylation sites (N-methyl/N-ethyl adjacent to an activating group) is 1. The maximum atomic E-state index is 11.6. The predicted octanol–water partition coefficient (Wildman–Crippen LogP) is 1.35. The Bertz CT molecular complexity index is 692. The smallest absolute Gasteiger partial charge is 0.259 e. The molecule has 162 valence electrons. The highest BCUT2D eigenvalue weighted by Gasteiger charge is 2.28. The summed E-state index contributed by atoms with van der Waals surface area (Å²) in [7, 11) is 3.40. The van der Waals surface area contributed by atoms with Crippen molar-refractivity contribution in [2.45, 2.75) is 26.3 Å². The number of aliphatic imine (C=N–C) groups is 1. The molecule has 0 atom stereocenters. The van der Waals surface area contributed by atoms with Gasteiger partial charge in [-0.15, -0.1) is 24.0 Å². The Hall–Kier alpha value is -2.04. The lowest BCUT2D eigenvalue weighted by Gasteiger charge is -2.13. The number of guanidine groups is 1. The molecule has 1 aromatic rings. The van der Waals surface area contributed by atoms with Gasteiger partial charge in [-0.25, -0.2) is 4.99 Å². The molecule has 29 heavy (non-hydrogen) atoms. The second kappa shape index (κ2) is 13.2. The number of carbonyl (C=O) groups is 2. The third-order valence-corrected chi connectivity index (χ3v) is 4.19. The molecule has 0 aromatic heterocycles. The van der Waals surface area contributed by atoms with E-state index in [4.69, 9.17) is 4.74 Å². The lowest BCUT2D eigenvalue weighted by atomic mass is 10.2. The van der Waals surface area contributed by atoms with Gasteiger partial charge >= 0.3 is 0 Å². The molecule has 1 aliphatic rings. The van der Waals surface area contributed by atoms with Crippen LogP contribution in [0.15, 0.2) is 29.3 Å². The molecule has 1 aromatic carbocycles. The lowest BCUT2D eigenvalue weighted by molar-refractivity contribution is -0.130. The summed E-state index contributed by atoms with van der Waals surface area (Å²) in [5, 5.41) is 9.33. The molecular formula is C20H32IN5O3. The van der Waals surface area contributed by atoms with Crippen molar-refractivity contribution < 1.29 is 14.3 Å². The number of rotatable bonds is 10. The molecule has 0 heterocycles. The van der Waals surface area contributed by atoms with Gasteiger partial charge in [0.1, 0.15) is 5.75 Å². The van der Waals surface area contributed by atoms with Gasteiger partial charge in [-0.05, 0) is 37.5 Å². The first kappa shape index (κ1) is 25.0. The number of halogens is 1. The molecule has 3 N–H and O–H groups in total. The normalized spacial score (nSPS) is 13.1. The van der Waals surface area contributed by atoms with Gasteiger partial charge in [0.05, 0.1) is 6.54 Å². The highest BCUT2D eigenvalue weighted by molar-refractivity contribution is 14.0. The number of nitrogens with zero attached hydrogens (tertiary/aromatic N) is 2.